The molecule has 134 valence electrons. The SMILES string of the molecule is COc1ccc(SCC(=O)OCCN2C(=O)c3ccccc3C2=O)cc1. The summed E-state index contributed by atoms with van der Waals surface area (Å²) in [5.74, 6) is -0.210. The van der Waals surface area contributed by atoms with Gasteiger partial charge in [0, 0.05) is 4.90 Å². The molecule has 0 aromatic heterocycles. The number of nitrogens with zero attached hydrogens (tertiary/aromatic N) is 1. The van der Waals surface area contributed by atoms with Crippen LogP contribution in [0.1, 0.15) is 20.7 Å². The highest BCUT2D eigenvalue weighted by Crippen LogP contribution is 2.23. The van der Waals surface area contributed by atoms with Crippen molar-refractivity contribution in [3.05, 3.63) is 59.7 Å². The van der Waals surface area contributed by atoms with Gasteiger partial charge < -0.3 is 9.47 Å². The standard InChI is InChI=1S/C19H17NO5S/c1-24-13-6-8-14(9-7-13)26-12-17(21)25-11-10-20-18(22)15-4-2-3-5-16(15)19(20)23/h2-9H,10-12H2,1H3. The average Bonchev–Trinajstić information content (AvgIpc) is 2.92. The zero-order valence-electron chi connectivity index (χ0n) is 14.1. The fraction of sp³-hybridized carbons (Fsp3) is 0.211. The maximum atomic E-state index is 12.2. The number of carbonyl (C=O) groups is 3. The Balaban J connectivity index is 1.44. The van der Waals surface area contributed by atoms with Crippen LogP contribution in [-0.4, -0.2) is 48.7 Å². The first-order chi connectivity index (χ1) is 12.6. The number of benzene rings is 2. The van der Waals surface area contributed by atoms with Gasteiger partial charge in [-0.2, -0.15) is 0 Å². The second-order valence-corrected chi connectivity index (χ2v) is 6.54. The molecular weight excluding hydrogens is 354 g/mol. The van der Waals surface area contributed by atoms with Gasteiger partial charge in [0.1, 0.15) is 12.4 Å². The maximum Gasteiger partial charge on any atom is 0.316 e. The number of ether oxygens (including phenoxy) is 2. The van der Waals surface area contributed by atoms with Gasteiger partial charge in [0.2, 0.25) is 0 Å². The highest BCUT2D eigenvalue weighted by atomic mass is 32.2. The van der Waals surface area contributed by atoms with Crippen LogP contribution in [0.3, 0.4) is 0 Å². The van der Waals surface area contributed by atoms with E-state index in [-0.39, 0.29) is 30.7 Å². The van der Waals surface area contributed by atoms with Crippen molar-refractivity contribution in [1.82, 2.24) is 4.90 Å². The Hall–Kier alpha value is -2.80. The van der Waals surface area contributed by atoms with Crippen LogP contribution in [0.25, 0.3) is 0 Å². The van der Waals surface area contributed by atoms with E-state index >= 15 is 0 Å². The molecule has 1 heterocycles. The minimum Gasteiger partial charge on any atom is -0.497 e. The molecule has 7 heteroatoms. The van der Waals surface area contributed by atoms with E-state index in [0.717, 1.165) is 15.5 Å². The van der Waals surface area contributed by atoms with E-state index in [2.05, 4.69) is 0 Å². The predicted octanol–water partition coefficient (Wildman–Crippen LogP) is 2.63. The van der Waals surface area contributed by atoms with Crippen molar-refractivity contribution >= 4 is 29.5 Å². The van der Waals surface area contributed by atoms with Crippen LogP contribution >= 0.6 is 11.8 Å². The number of thioether (sulfide) groups is 1. The Labute approximate surface area is 155 Å². The molecule has 2 amide bonds. The fourth-order valence-electron chi connectivity index (χ4n) is 2.55. The number of carbonyl (C=O) groups excluding carboxylic acids is 3. The smallest absolute Gasteiger partial charge is 0.316 e. The van der Waals surface area contributed by atoms with Crippen molar-refractivity contribution in [3.63, 3.8) is 0 Å². The quantitative estimate of drug-likeness (QED) is 0.423. The third-order valence-electron chi connectivity index (χ3n) is 3.87. The number of fused-ring (bicyclic) bond motifs is 1. The summed E-state index contributed by atoms with van der Waals surface area (Å²) < 4.78 is 10.2. The topological polar surface area (TPSA) is 72.9 Å². The lowest BCUT2D eigenvalue weighted by Crippen LogP contribution is -2.33. The molecule has 1 aliphatic rings. The number of rotatable bonds is 7. The fourth-order valence-corrected chi connectivity index (χ4v) is 3.25. The molecule has 26 heavy (non-hydrogen) atoms. The summed E-state index contributed by atoms with van der Waals surface area (Å²) in [5, 5.41) is 0. The second kappa shape index (κ2) is 8.05. The zero-order valence-corrected chi connectivity index (χ0v) is 15.0. The Morgan fingerprint density at radius 2 is 1.62 bits per heavy atom. The van der Waals surface area contributed by atoms with Crippen LogP contribution in [0.15, 0.2) is 53.4 Å². The molecular formula is C19H17NO5S. The first-order valence-corrected chi connectivity index (χ1v) is 8.96. The largest absolute Gasteiger partial charge is 0.497 e. The monoisotopic (exact) mass is 371 g/mol. The second-order valence-electron chi connectivity index (χ2n) is 5.49. The minimum atomic E-state index is -0.401. The number of hydrogen-bond donors (Lipinski definition) is 0. The first kappa shape index (κ1) is 18.0. The van der Waals surface area contributed by atoms with Crippen LogP contribution < -0.4 is 4.74 Å². The average molecular weight is 371 g/mol. The molecule has 2 aromatic carbocycles. The predicted molar refractivity (Wildman–Crippen MR) is 96.5 cm³/mol. The van der Waals surface area contributed by atoms with E-state index in [0.29, 0.717) is 11.1 Å². The number of amides is 2. The molecule has 2 aromatic rings. The Kier molecular flexibility index (Phi) is 5.58. The number of imide groups is 1. The molecule has 0 aliphatic carbocycles. The molecule has 3 rings (SSSR count). The van der Waals surface area contributed by atoms with Crippen LogP contribution in [0.2, 0.25) is 0 Å². The summed E-state index contributed by atoms with van der Waals surface area (Å²) in [4.78, 5) is 38.3. The van der Waals surface area contributed by atoms with Crippen LogP contribution in [0.5, 0.6) is 5.75 Å². The van der Waals surface area contributed by atoms with Crippen molar-refractivity contribution in [1.29, 1.82) is 0 Å². The molecule has 0 saturated heterocycles. The van der Waals surface area contributed by atoms with Crippen molar-refractivity contribution in [2.75, 3.05) is 26.0 Å². The van der Waals surface area contributed by atoms with E-state index in [1.54, 1.807) is 31.4 Å². The van der Waals surface area contributed by atoms with Gasteiger partial charge in [-0.15, -0.1) is 11.8 Å². The van der Waals surface area contributed by atoms with E-state index in [9.17, 15) is 14.4 Å². The van der Waals surface area contributed by atoms with Gasteiger partial charge in [0.25, 0.3) is 11.8 Å². The van der Waals surface area contributed by atoms with E-state index < -0.39 is 5.97 Å². The Morgan fingerprint density at radius 3 is 2.19 bits per heavy atom. The molecule has 0 fully saturated rings. The molecule has 1 aliphatic heterocycles. The molecule has 0 atom stereocenters. The molecule has 0 unspecified atom stereocenters. The van der Waals surface area contributed by atoms with E-state index in [1.807, 2.05) is 24.3 Å². The summed E-state index contributed by atoms with van der Waals surface area (Å²) in [5.41, 5.74) is 0.776. The maximum absolute atomic E-state index is 12.2. The molecule has 0 radical (unpaired) electrons. The van der Waals surface area contributed by atoms with E-state index in [1.165, 1.54) is 11.8 Å². The lowest BCUT2D eigenvalue weighted by atomic mass is 10.1. The van der Waals surface area contributed by atoms with Crippen LogP contribution in [0.4, 0.5) is 0 Å². The summed E-state index contributed by atoms with van der Waals surface area (Å²) >= 11 is 1.34. The van der Waals surface area contributed by atoms with Crippen molar-refractivity contribution < 1.29 is 23.9 Å². The minimum absolute atomic E-state index is 0.0204. The number of esters is 1. The normalized spacial score (nSPS) is 12.9. The number of hydrogen-bond acceptors (Lipinski definition) is 6. The summed E-state index contributed by atoms with van der Waals surface area (Å²) in [6.45, 7) is 0.0266. The summed E-state index contributed by atoms with van der Waals surface area (Å²) in [7, 11) is 1.59. The van der Waals surface area contributed by atoms with Crippen LogP contribution in [0, 0.1) is 0 Å². The van der Waals surface area contributed by atoms with Crippen molar-refractivity contribution in [2.45, 2.75) is 4.90 Å². The lowest BCUT2D eigenvalue weighted by Gasteiger charge is -2.13. The van der Waals surface area contributed by atoms with Gasteiger partial charge in [-0.25, -0.2) is 0 Å². The lowest BCUT2D eigenvalue weighted by molar-refractivity contribution is -0.140. The van der Waals surface area contributed by atoms with Gasteiger partial charge in [-0.05, 0) is 36.4 Å². The van der Waals surface area contributed by atoms with Gasteiger partial charge in [0.05, 0.1) is 30.5 Å². The van der Waals surface area contributed by atoms with Gasteiger partial charge in [-0.1, -0.05) is 12.1 Å². The van der Waals surface area contributed by atoms with Crippen molar-refractivity contribution in [2.24, 2.45) is 0 Å². The number of methoxy groups -OCH3 is 1. The third kappa shape index (κ3) is 3.88. The van der Waals surface area contributed by atoms with Gasteiger partial charge in [0.15, 0.2) is 0 Å². The zero-order chi connectivity index (χ0) is 18.5. The molecule has 0 saturated carbocycles. The summed E-state index contributed by atoms with van der Waals surface area (Å²) in [6, 6.07) is 14.0. The summed E-state index contributed by atoms with van der Waals surface area (Å²) in [6.07, 6.45) is 0. The highest BCUT2D eigenvalue weighted by Gasteiger charge is 2.34. The molecule has 0 bridgehead atoms. The molecule has 6 nitrogen and oxygen atoms in total. The van der Waals surface area contributed by atoms with Crippen molar-refractivity contribution in [3.8, 4) is 5.75 Å². The van der Waals surface area contributed by atoms with Gasteiger partial charge in [-0.3, -0.25) is 19.3 Å². The highest BCUT2D eigenvalue weighted by molar-refractivity contribution is 8.00. The first-order valence-electron chi connectivity index (χ1n) is 7.98. The molecule has 0 N–H and O–H groups in total. The molecule has 0 spiro atoms. The Morgan fingerprint density at radius 1 is 1.00 bits per heavy atom. The van der Waals surface area contributed by atoms with E-state index in [4.69, 9.17) is 9.47 Å². The van der Waals surface area contributed by atoms with Crippen LogP contribution in [-0.2, 0) is 9.53 Å². The Bertz CT molecular complexity index is 799. The van der Waals surface area contributed by atoms with Gasteiger partial charge >= 0.3 is 5.97 Å². The third-order valence-corrected chi connectivity index (χ3v) is 4.86.